The monoisotopic (exact) mass is 329 g/mol. The van der Waals surface area contributed by atoms with E-state index in [1.807, 2.05) is 24.3 Å². The van der Waals surface area contributed by atoms with Gasteiger partial charge in [-0.25, -0.2) is 0 Å². The van der Waals surface area contributed by atoms with Gasteiger partial charge in [-0.2, -0.15) is 0 Å². The number of anilines is 1. The lowest BCUT2D eigenvalue weighted by molar-refractivity contribution is -0.118. The third-order valence-corrected chi connectivity index (χ3v) is 4.38. The van der Waals surface area contributed by atoms with Crippen LogP contribution in [-0.2, 0) is 4.79 Å². The van der Waals surface area contributed by atoms with Gasteiger partial charge in [0.2, 0.25) is 0 Å². The highest BCUT2D eigenvalue weighted by atomic mass is 32.2. The lowest BCUT2D eigenvalue weighted by atomic mass is 10.1. The van der Waals surface area contributed by atoms with E-state index < -0.39 is 0 Å². The van der Waals surface area contributed by atoms with E-state index in [9.17, 15) is 9.59 Å². The minimum absolute atomic E-state index is 0.00607. The zero-order chi connectivity index (χ0) is 16.2. The molecule has 5 nitrogen and oxygen atoms in total. The summed E-state index contributed by atoms with van der Waals surface area (Å²) in [6, 6.07) is 12.6. The van der Waals surface area contributed by atoms with Crippen LogP contribution in [0.4, 0.5) is 5.69 Å². The number of benzene rings is 2. The number of methoxy groups -OCH3 is 1. The van der Waals surface area contributed by atoms with Crippen LogP contribution < -0.4 is 14.8 Å². The molecule has 1 aliphatic rings. The Morgan fingerprint density at radius 2 is 2.04 bits per heavy atom. The van der Waals surface area contributed by atoms with Crippen molar-refractivity contribution in [1.29, 1.82) is 0 Å². The van der Waals surface area contributed by atoms with Crippen LogP contribution in [0.5, 0.6) is 11.5 Å². The van der Waals surface area contributed by atoms with Gasteiger partial charge >= 0.3 is 0 Å². The minimum atomic E-state index is -0.213. The summed E-state index contributed by atoms with van der Waals surface area (Å²) in [5.74, 6) is 1.47. The topological polar surface area (TPSA) is 64.6 Å². The first-order valence-corrected chi connectivity index (χ1v) is 8.01. The minimum Gasteiger partial charge on any atom is -0.497 e. The molecule has 0 aromatic heterocycles. The van der Waals surface area contributed by atoms with Gasteiger partial charge in [-0.15, -0.1) is 11.8 Å². The molecule has 0 spiro atoms. The van der Waals surface area contributed by atoms with E-state index in [4.69, 9.17) is 9.47 Å². The van der Waals surface area contributed by atoms with Crippen LogP contribution >= 0.6 is 11.8 Å². The highest BCUT2D eigenvalue weighted by Crippen LogP contribution is 2.29. The maximum absolute atomic E-state index is 12.3. The third-order valence-electron chi connectivity index (χ3n) is 3.36. The van der Waals surface area contributed by atoms with Gasteiger partial charge in [-0.05, 0) is 42.5 Å². The fourth-order valence-corrected chi connectivity index (χ4v) is 2.95. The second kappa shape index (κ2) is 6.75. The highest BCUT2D eigenvalue weighted by Gasteiger charge is 2.17. The fraction of sp³-hybridized carbons (Fsp3) is 0.176. The second-order valence-electron chi connectivity index (χ2n) is 4.94. The van der Waals surface area contributed by atoms with Crippen molar-refractivity contribution < 1.29 is 19.1 Å². The molecule has 6 heteroatoms. The first kappa shape index (κ1) is 15.4. The Labute approximate surface area is 138 Å². The summed E-state index contributed by atoms with van der Waals surface area (Å²) in [6.07, 6.45) is 0. The van der Waals surface area contributed by atoms with Crippen LogP contribution in [0.3, 0.4) is 0 Å². The summed E-state index contributed by atoms with van der Waals surface area (Å²) in [5.41, 5.74) is 1.09. The van der Waals surface area contributed by atoms with Gasteiger partial charge in [-0.3, -0.25) is 9.59 Å². The predicted octanol–water partition coefficient (Wildman–Crippen LogP) is 3.00. The van der Waals surface area contributed by atoms with Crippen molar-refractivity contribution in [2.24, 2.45) is 0 Å². The fourth-order valence-electron chi connectivity index (χ4n) is 2.16. The first-order chi connectivity index (χ1) is 11.2. The van der Waals surface area contributed by atoms with Crippen molar-refractivity contribution >= 4 is 29.1 Å². The molecule has 1 heterocycles. The molecule has 23 heavy (non-hydrogen) atoms. The number of ketones is 1. The zero-order valence-electron chi connectivity index (χ0n) is 12.5. The van der Waals surface area contributed by atoms with Gasteiger partial charge in [0.15, 0.2) is 12.4 Å². The summed E-state index contributed by atoms with van der Waals surface area (Å²) in [4.78, 5) is 24.6. The lowest BCUT2D eigenvalue weighted by Gasteiger charge is -2.18. The summed E-state index contributed by atoms with van der Waals surface area (Å²) < 4.78 is 10.4. The van der Waals surface area contributed by atoms with E-state index >= 15 is 0 Å². The molecule has 0 saturated heterocycles. The van der Waals surface area contributed by atoms with Gasteiger partial charge < -0.3 is 14.8 Å². The number of carbonyl (C=O) groups is 2. The molecule has 1 aliphatic heterocycles. The van der Waals surface area contributed by atoms with Crippen LogP contribution in [-0.4, -0.2) is 31.2 Å². The number of rotatable bonds is 5. The zero-order valence-corrected chi connectivity index (χ0v) is 13.3. The molecular weight excluding hydrogens is 314 g/mol. The van der Waals surface area contributed by atoms with Crippen LogP contribution in [0, 0.1) is 0 Å². The largest absolute Gasteiger partial charge is 0.497 e. The number of carbonyl (C=O) groups excluding carboxylic acids is 2. The van der Waals surface area contributed by atoms with Crippen LogP contribution in [0.25, 0.3) is 0 Å². The van der Waals surface area contributed by atoms with Crippen LogP contribution in [0.1, 0.15) is 10.4 Å². The van der Waals surface area contributed by atoms with E-state index in [0.29, 0.717) is 22.8 Å². The molecule has 0 fully saturated rings. The van der Waals surface area contributed by atoms with Crippen molar-refractivity contribution in [3.05, 3.63) is 48.0 Å². The van der Waals surface area contributed by atoms with Gasteiger partial charge in [0, 0.05) is 10.5 Å². The predicted molar refractivity (Wildman–Crippen MR) is 88.6 cm³/mol. The Balaban J connectivity index is 1.66. The number of hydrogen-bond acceptors (Lipinski definition) is 5. The van der Waals surface area contributed by atoms with E-state index in [-0.39, 0.29) is 18.3 Å². The molecule has 0 aliphatic carbocycles. The van der Waals surface area contributed by atoms with Crippen LogP contribution in [0.15, 0.2) is 47.4 Å². The molecule has 0 unspecified atom stereocenters. The van der Waals surface area contributed by atoms with Crippen molar-refractivity contribution in [1.82, 2.24) is 0 Å². The van der Waals surface area contributed by atoms with Crippen molar-refractivity contribution in [2.45, 2.75) is 4.90 Å². The number of hydrogen-bond donors (Lipinski definition) is 1. The normalized spacial score (nSPS) is 12.8. The number of thioether (sulfide) groups is 1. The lowest BCUT2D eigenvalue weighted by Crippen LogP contribution is -2.25. The molecule has 0 radical (unpaired) electrons. The molecule has 0 atom stereocenters. The van der Waals surface area contributed by atoms with E-state index in [0.717, 1.165) is 10.6 Å². The first-order valence-electron chi connectivity index (χ1n) is 7.02. The summed E-state index contributed by atoms with van der Waals surface area (Å²) in [5, 5.41) is 2.70. The van der Waals surface area contributed by atoms with E-state index in [2.05, 4.69) is 5.32 Å². The molecule has 2 aromatic carbocycles. The second-order valence-corrected chi connectivity index (χ2v) is 5.98. The quantitative estimate of drug-likeness (QED) is 0.675. The van der Waals surface area contributed by atoms with Gasteiger partial charge in [-0.1, -0.05) is 0 Å². The molecule has 3 rings (SSSR count). The molecule has 118 valence electrons. The third kappa shape index (κ3) is 3.65. The van der Waals surface area contributed by atoms with Crippen molar-refractivity contribution in [2.75, 3.05) is 24.8 Å². The maximum atomic E-state index is 12.3. The molecular formula is C17H15NO4S. The molecule has 0 bridgehead atoms. The SMILES string of the molecule is COc1ccc(SCC(=O)c2ccc3c(c2)NC(=O)CO3)cc1. The van der Waals surface area contributed by atoms with Gasteiger partial charge in [0.1, 0.15) is 11.5 Å². The number of fused-ring (bicyclic) bond motifs is 1. The average molecular weight is 329 g/mol. The maximum Gasteiger partial charge on any atom is 0.262 e. The Kier molecular flexibility index (Phi) is 4.52. The van der Waals surface area contributed by atoms with Gasteiger partial charge in [0.05, 0.1) is 18.6 Å². The Morgan fingerprint density at radius 1 is 1.26 bits per heavy atom. The van der Waals surface area contributed by atoms with Crippen molar-refractivity contribution in [3.63, 3.8) is 0 Å². The summed E-state index contributed by atoms with van der Waals surface area (Å²) in [7, 11) is 1.62. The highest BCUT2D eigenvalue weighted by molar-refractivity contribution is 8.00. The van der Waals surface area contributed by atoms with Crippen molar-refractivity contribution in [3.8, 4) is 11.5 Å². The standard InChI is InChI=1S/C17H15NO4S/c1-21-12-3-5-13(6-4-12)23-10-15(19)11-2-7-16-14(8-11)18-17(20)9-22-16/h2-8H,9-10H2,1H3,(H,18,20). The number of nitrogens with one attached hydrogen (secondary N) is 1. The average Bonchev–Trinajstić information content (AvgIpc) is 2.59. The number of ether oxygens (including phenoxy) is 2. The molecule has 2 aromatic rings. The van der Waals surface area contributed by atoms with E-state index in [1.165, 1.54) is 11.8 Å². The van der Waals surface area contributed by atoms with Crippen LogP contribution in [0.2, 0.25) is 0 Å². The smallest absolute Gasteiger partial charge is 0.262 e. The molecule has 1 amide bonds. The number of Topliss-reactive ketones (excluding diaryl/α,β-unsaturated/α-hetero) is 1. The summed E-state index contributed by atoms with van der Waals surface area (Å²) >= 11 is 1.46. The Morgan fingerprint density at radius 3 is 2.78 bits per heavy atom. The molecule has 1 N–H and O–H groups in total. The summed E-state index contributed by atoms with van der Waals surface area (Å²) in [6.45, 7) is 0.00755. The number of amides is 1. The van der Waals surface area contributed by atoms with Gasteiger partial charge in [0.25, 0.3) is 5.91 Å². The van der Waals surface area contributed by atoms with E-state index in [1.54, 1.807) is 25.3 Å². The Bertz CT molecular complexity index is 743. The molecule has 0 saturated carbocycles. The Hall–Kier alpha value is -2.47.